The zero-order chi connectivity index (χ0) is 17.3. The molecule has 3 amide bonds. The van der Waals surface area contributed by atoms with Gasteiger partial charge in [-0.25, -0.2) is 9.59 Å². The van der Waals surface area contributed by atoms with Crippen molar-refractivity contribution in [3.05, 3.63) is 29.8 Å². The Labute approximate surface area is 141 Å². The second-order valence-electron chi connectivity index (χ2n) is 6.73. The van der Waals surface area contributed by atoms with Crippen molar-refractivity contribution in [3.8, 4) is 5.75 Å². The maximum atomic E-state index is 12.8. The summed E-state index contributed by atoms with van der Waals surface area (Å²) in [6.07, 6.45) is 3.48. The number of rotatable bonds is 3. The van der Waals surface area contributed by atoms with Crippen molar-refractivity contribution in [3.63, 3.8) is 0 Å². The van der Waals surface area contributed by atoms with E-state index in [1.807, 2.05) is 19.9 Å². The molecule has 0 aromatic heterocycles. The van der Waals surface area contributed by atoms with Gasteiger partial charge in [0.05, 0.1) is 0 Å². The Morgan fingerprint density at radius 3 is 2.88 bits per heavy atom. The number of amides is 3. The van der Waals surface area contributed by atoms with E-state index in [1.165, 1.54) is 0 Å². The lowest BCUT2D eigenvalue weighted by molar-refractivity contribution is -0.142. The van der Waals surface area contributed by atoms with Crippen molar-refractivity contribution in [2.45, 2.75) is 45.1 Å². The van der Waals surface area contributed by atoms with Gasteiger partial charge >= 0.3 is 12.0 Å². The van der Waals surface area contributed by atoms with Crippen LogP contribution in [0.25, 0.3) is 0 Å². The van der Waals surface area contributed by atoms with Crippen molar-refractivity contribution in [1.29, 1.82) is 0 Å². The van der Waals surface area contributed by atoms with E-state index < -0.39 is 17.5 Å². The summed E-state index contributed by atoms with van der Waals surface area (Å²) in [5.74, 6) is -0.446. The number of imide groups is 1. The normalized spacial score (nSPS) is 26.6. The summed E-state index contributed by atoms with van der Waals surface area (Å²) < 4.78 is 5.24. The number of nitrogens with one attached hydrogen (secondary N) is 1. The minimum Gasteiger partial charge on any atom is -0.425 e. The van der Waals surface area contributed by atoms with Gasteiger partial charge in [-0.05, 0) is 43.4 Å². The summed E-state index contributed by atoms with van der Waals surface area (Å²) in [5.41, 5.74) is 0.115. The van der Waals surface area contributed by atoms with Crippen molar-refractivity contribution in [2.75, 3.05) is 6.54 Å². The second-order valence-corrected chi connectivity index (χ2v) is 6.73. The molecule has 1 saturated heterocycles. The Bertz CT molecular complexity index is 687. The Morgan fingerprint density at radius 1 is 1.38 bits per heavy atom. The molecule has 1 aromatic carbocycles. The lowest BCUT2D eigenvalue weighted by Crippen LogP contribution is -2.54. The quantitative estimate of drug-likeness (QED) is 0.524. The van der Waals surface area contributed by atoms with Crippen LogP contribution in [0.1, 0.15) is 38.2 Å². The van der Waals surface area contributed by atoms with Gasteiger partial charge in [-0.2, -0.15) is 0 Å². The van der Waals surface area contributed by atoms with Gasteiger partial charge in [0.1, 0.15) is 17.8 Å². The Balaban J connectivity index is 1.70. The maximum Gasteiger partial charge on any atom is 0.331 e. The maximum absolute atomic E-state index is 12.8. The minimum absolute atomic E-state index is 0.0699. The van der Waals surface area contributed by atoms with Gasteiger partial charge in [0.25, 0.3) is 5.91 Å². The molecule has 2 unspecified atom stereocenters. The molecule has 6 nitrogen and oxygen atoms in total. The molecule has 1 heterocycles. The van der Waals surface area contributed by atoms with Crippen LogP contribution in [0.5, 0.6) is 5.75 Å². The number of benzene rings is 1. The van der Waals surface area contributed by atoms with Crippen molar-refractivity contribution in [2.24, 2.45) is 5.92 Å². The molecule has 24 heavy (non-hydrogen) atoms. The number of urea groups is 1. The topological polar surface area (TPSA) is 75.7 Å². The van der Waals surface area contributed by atoms with Crippen molar-refractivity contribution in [1.82, 2.24) is 10.2 Å². The number of aryl methyl sites for hydroxylation is 1. The third kappa shape index (κ3) is 2.88. The highest BCUT2D eigenvalue weighted by Gasteiger charge is 2.55. The SMILES string of the molecule is Cc1cccc(OC(=O)CN2C(=O)NC3(CCCCC3C)C2=O)c1. The van der Waals surface area contributed by atoms with E-state index in [4.69, 9.17) is 4.74 Å². The third-order valence-corrected chi connectivity index (χ3v) is 5.01. The van der Waals surface area contributed by atoms with Crippen LogP contribution in [0.3, 0.4) is 0 Å². The molecule has 1 aliphatic carbocycles. The first-order valence-corrected chi connectivity index (χ1v) is 8.34. The predicted octanol–water partition coefficient (Wildman–Crippen LogP) is 2.40. The van der Waals surface area contributed by atoms with Crippen LogP contribution >= 0.6 is 0 Å². The number of carbonyl (C=O) groups excluding carboxylic acids is 3. The zero-order valence-electron chi connectivity index (χ0n) is 14.0. The van der Waals surface area contributed by atoms with Crippen LogP contribution < -0.4 is 10.1 Å². The number of nitrogens with zero attached hydrogens (tertiary/aromatic N) is 1. The predicted molar refractivity (Wildman–Crippen MR) is 87.4 cm³/mol. The summed E-state index contributed by atoms with van der Waals surface area (Å²) in [4.78, 5) is 38.1. The van der Waals surface area contributed by atoms with E-state index in [-0.39, 0.29) is 18.4 Å². The van der Waals surface area contributed by atoms with Gasteiger partial charge in [0.15, 0.2) is 0 Å². The lowest BCUT2D eigenvalue weighted by Gasteiger charge is -2.36. The van der Waals surface area contributed by atoms with Crippen LogP contribution in [-0.4, -0.2) is 34.9 Å². The number of carbonyl (C=O) groups is 3. The first-order chi connectivity index (χ1) is 11.4. The smallest absolute Gasteiger partial charge is 0.331 e. The Kier molecular flexibility index (Phi) is 4.30. The number of hydrogen-bond donors (Lipinski definition) is 1. The fraction of sp³-hybridized carbons (Fsp3) is 0.500. The molecule has 1 saturated carbocycles. The van der Waals surface area contributed by atoms with Crippen LogP contribution in [0.4, 0.5) is 4.79 Å². The van der Waals surface area contributed by atoms with E-state index in [0.29, 0.717) is 12.2 Å². The molecule has 2 aliphatic rings. The summed E-state index contributed by atoms with van der Waals surface area (Å²) in [7, 11) is 0. The third-order valence-electron chi connectivity index (χ3n) is 5.01. The Hall–Kier alpha value is -2.37. The van der Waals surface area contributed by atoms with Crippen LogP contribution in [0.15, 0.2) is 24.3 Å². The number of hydrogen-bond acceptors (Lipinski definition) is 4. The first kappa shape index (κ1) is 16.5. The van der Waals surface area contributed by atoms with E-state index in [9.17, 15) is 14.4 Å². The lowest BCUT2D eigenvalue weighted by atomic mass is 9.73. The molecule has 1 aliphatic heterocycles. The molecule has 2 atom stereocenters. The fourth-order valence-corrected chi connectivity index (χ4v) is 3.61. The molecule has 1 N–H and O–H groups in total. The van der Waals surface area contributed by atoms with Crippen LogP contribution in [0, 0.1) is 12.8 Å². The summed E-state index contributed by atoms with van der Waals surface area (Å²) in [6.45, 7) is 3.50. The van der Waals surface area contributed by atoms with E-state index in [1.54, 1.807) is 18.2 Å². The molecular weight excluding hydrogens is 308 g/mol. The van der Waals surface area contributed by atoms with Gasteiger partial charge in [0, 0.05) is 0 Å². The number of ether oxygens (including phenoxy) is 1. The molecule has 6 heteroatoms. The van der Waals surface area contributed by atoms with Gasteiger partial charge in [0.2, 0.25) is 0 Å². The van der Waals surface area contributed by atoms with Gasteiger partial charge in [-0.3, -0.25) is 9.69 Å². The summed E-state index contributed by atoms with van der Waals surface area (Å²) in [6, 6.07) is 6.57. The zero-order valence-corrected chi connectivity index (χ0v) is 14.0. The summed E-state index contributed by atoms with van der Waals surface area (Å²) in [5, 5.41) is 2.83. The van der Waals surface area contributed by atoms with Gasteiger partial charge in [-0.1, -0.05) is 31.9 Å². The monoisotopic (exact) mass is 330 g/mol. The molecule has 3 rings (SSSR count). The molecule has 0 radical (unpaired) electrons. The summed E-state index contributed by atoms with van der Waals surface area (Å²) >= 11 is 0. The van der Waals surface area contributed by atoms with Crippen molar-refractivity contribution < 1.29 is 19.1 Å². The first-order valence-electron chi connectivity index (χ1n) is 8.34. The molecule has 2 fully saturated rings. The van der Waals surface area contributed by atoms with Crippen LogP contribution in [-0.2, 0) is 9.59 Å². The van der Waals surface area contributed by atoms with E-state index in [0.717, 1.165) is 29.7 Å². The average molecular weight is 330 g/mol. The molecule has 1 aromatic rings. The van der Waals surface area contributed by atoms with Gasteiger partial charge in [-0.15, -0.1) is 0 Å². The Morgan fingerprint density at radius 2 is 2.17 bits per heavy atom. The second kappa shape index (κ2) is 6.26. The molecule has 1 spiro atoms. The average Bonchev–Trinajstić information content (AvgIpc) is 2.75. The highest BCUT2D eigenvalue weighted by molar-refractivity contribution is 6.09. The van der Waals surface area contributed by atoms with Gasteiger partial charge < -0.3 is 10.1 Å². The minimum atomic E-state index is -0.848. The van der Waals surface area contributed by atoms with E-state index >= 15 is 0 Å². The van der Waals surface area contributed by atoms with E-state index in [2.05, 4.69) is 5.32 Å². The molecule has 128 valence electrons. The van der Waals surface area contributed by atoms with Crippen LogP contribution in [0.2, 0.25) is 0 Å². The highest BCUT2D eigenvalue weighted by atomic mass is 16.5. The standard InChI is InChI=1S/C18H22N2O4/c1-12-6-5-8-14(10-12)24-15(21)11-20-16(22)18(19-17(20)23)9-4-3-7-13(18)2/h5-6,8,10,13H,3-4,7,9,11H2,1-2H3,(H,19,23). The largest absolute Gasteiger partial charge is 0.425 e. The molecular formula is C18H22N2O4. The van der Waals surface area contributed by atoms with Crippen molar-refractivity contribution >= 4 is 17.9 Å². The number of esters is 1. The fourth-order valence-electron chi connectivity index (χ4n) is 3.61. The highest BCUT2D eigenvalue weighted by Crippen LogP contribution is 2.38. The molecule has 0 bridgehead atoms.